The first-order valence-electron chi connectivity index (χ1n) is 6.56. The van der Waals surface area contributed by atoms with Crippen LogP contribution >= 0.6 is 0 Å². The van der Waals surface area contributed by atoms with Crippen LogP contribution in [0.2, 0.25) is 0 Å². The maximum atomic E-state index is 13.6. The second-order valence-electron chi connectivity index (χ2n) is 5.90. The lowest BCUT2D eigenvalue weighted by atomic mass is 9.69. The van der Waals surface area contributed by atoms with Gasteiger partial charge in [-0.15, -0.1) is 0 Å². The predicted molar refractivity (Wildman–Crippen MR) is 58.4 cm³/mol. The van der Waals surface area contributed by atoms with Gasteiger partial charge in [-0.1, -0.05) is 6.92 Å². The maximum Gasteiger partial charge on any atom is 0.250 e. The van der Waals surface area contributed by atoms with Crippen LogP contribution in [0.4, 0.5) is 17.6 Å². The van der Waals surface area contributed by atoms with Crippen molar-refractivity contribution >= 4 is 0 Å². The molecule has 2 rings (SSSR count). The van der Waals surface area contributed by atoms with Crippen molar-refractivity contribution in [2.45, 2.75) is 63.7 Å². The average Bonchev–Trinajstić information content (AvgIpc) is 2.22. The van der Waals surface area contributed by atoms with Gasteiger partial charge < -0.3 is 0 Å². The molecule has 0 radical (unpaired) electrons. The zero-order valence-electron chi connectivity index (χ0n) is 10.2. The van der Waals surface area contributed by atoms with Crippen molar-refractivity contribution in [3.63, 3.8) is 0 Å². The lowest BCUT2D eigenvalue weighted by molar-refractivity contribution is -0.114. The summed E-state index contributed by atoms with van der Waals surface area (Å²) in [6.07, 6.45) is 1.83. The largest absolute Gasteiger partial charge is 0.250 e. The van der Waals surface area contributed by atoms with Crippen LogP contribution in [-0.4, -0.2) is 11.8 Å². The highest BCUT2D eigenvalue weighted by atomic mass is 19.3. The van der Waals surface area contributed by atoms with Crippen molar-refractivity contribution in [2.24, 2.45) is 17.8 Å². The summed E-state index contributed by atoms with van der Waals surface area (Å²) in [6, 6.07) is 0. The summed E-state index contributed by atoms with van der Waals surface area (Å²) in [6.45, 7) is 1.59. The number of hydrogen-bond donors (Lipinski definition) is 0. The molecular formula is C13H20F4. The molecule has 100 valence electrons. The second kappa shape index (κ2) is 4.43. The van der Waals surface area contributed by atoms with Gasteiger partial charge in [0.15, 0.2) is 0 Å². The minimum absolute atomic E-state index is 0.0442. The molecule has 2 fully saturated rings. The van der Waals surface area contributed by atoms with Gasteiger partial charge in [-0.05, 0) is 37.5 Å². The highest BCUT2D eigenvalue weighted by Gasteiger charge is 2.46. The van der Waals surface area contributed by atoms with Crippen molar-refractivity contribution < 1.29 is 17.6 Å². The molecule has 0 amide bonds. The predicted octanol–water partition coefficient (Wildman–Crippen LogP) is 4.88. The minimum atomic E-state index is -2.59. The Hall–Kier alpha value is -0.280. The molecule has 0 aromatic rings. The molecule has 0 saturated heterocycles. The van der Waals surface area contributed by atoms with Crippen LogP contribution in [0.3, 0.4) is 0 Å². The summed E-state index contributed by atoms with van der Waals surface area (Å²) in [4.78, 5) is 0. The Kier molecular flexibility index (Phi) is 3.43. The zero-order valence-corrected chi connectivity index (χ0v) is 10.2. The SMILES string of the molecule is C[C@@H]1CCC(C2CCC(F)(F)CC2)CC1(F)F. The smallest absolute Gasteiger partial charge is 0.207 e. The fourth-order valence-electron chi connectivity index (χ4n) is 3.26. The van der Waals surface area contributed by atoms with E-state index in [1.54, 1.807) is 6.92 Å². The van der Waals surface area contributed by atoms with Crippen molar-refractivity contribution in [1.29, 1.82) is 0 Å². The van der Waals surface area contributed by atoms with Crippen LogP contribution in [-0.2, 0) is 0 Å². The van der Waals surface area contributed by atoms with E-state index in [1.807, 2.05) is 0 Å². The summed E-state index contributed by atoms with van der Waals surface area (Å²) in [5.74, 6) is -5.65. The van der Waals surface area contributed by atoms with Gasteiger partial charge in [0.2, 0.25) is 5.92 Å². The number of rotatable bonds is 1. The quantitative estimate of drug-likeness (QED) is 0.583. The molecule has 0 aromatic carbocycles. The highest BCUT2D eigenvalue weighted by Crippen LogP contribution is 2.48. The van der Waals surface area contributed by atoms with Crippen molar-refractivity contribution in [2.75, 3.05) is 0 Å². The monoisotopic (exact) mass is 252 g/mol. The zero-order chi connectivity index (χ0) is 12.7. The van der Waals surface area contributed by atoms with Crippen LogP contribution in [0.25, 0.3) is 0 Å². The Labute approximate surface area is 99.8 Å². The number of hydrogen-bond acceptors (Lipinski definition) is 0. The van der Waals surface area contributed by atoms with Crippen LogP contribution in [0.15, 0.2) is 0 Å². The van der Waals surface area contributed by atoms with Gasteiger partial charge in [0.1, 0.15) is 0 Å². The third-order valence-electron chi connectivity index (χ3n) is 4.65. The molecule has 2 aliphatic carbocycles. The van der Waals surface area contributed by atoms with E-state index in [9.17, 15) is 17.6 Å². The first-order valence-corrected chi connectivity index (χ1v) is 6.56. The molecule has 0 aliphatic heterocycles. The van der Waals surface area contributed by atoms with E-state index < -0.39 is 17.8 Å². The van der Waals surface area contributed by atoms with Gasteiger partial charge in [0.05, 0.1) is 0 Å². The van der Waals surface area contributed by atoms with E-state index in [0.717, 1.165) is 6.42 Å². The van der Waals surface area contributed by atoms with Crippen molar-refractivity contribution in [3.05, 3.63) is 0 Å². The summed E-state index contributed by atoms with van der Waals surface area (Å²) < 4.78 is 53.2. The molecule has 2 atom stereocenters. The maximum absolute atomic E-state index is 13.6. The van der Waals surface area contributed by atoms with Gasteiger partial charge in [-0.25, -0.2) is 17.6 Å². The summed E-state index contributed by atoms with van der Waals surface area (Å²) >= 11 is 0. The van der Waals surface area contributed by atoms with Crippen LogP contribution < -0.4 is 0 Å². The fraction of sp³-hybridized carbons (Fsp3) is 1.00. The lowest BCUT2D eigenvalue weighted by Crippen LogP contribution is -2.38. The third kappa shape index (κ3) is 2.94. The average molecular weight is 252 g/mol. The van der Waals surface area contributed by atoms with Crippen LogP contribution in [0, 0.1) is 17.8 Å². The summed E-state index contributed by atoms with van der Waals surface area (Å²) in [5.41, 5.74) is 0. The molecule has 2 aliphatic rings. The fourth-order valence-corrected chi connectivity index (χ4v) is 3.26. The Balaban J connectivity index is 1.92. The van der Waals surface area contributed by atoms with Crippen LogP contribution in [0.1, 0.15) is 51.9 Å². The molecule has 0 heterocycles. The minimum Gasteiger partial charge on any atom is -0.207 e. The normalized spacial score (nSPS) is 37.9. The Morgan fingerprint density at radius 3 is 1.94 bits per heavy atom. The molecule has 0 N–H and O–H groups in total. The Morgan fingerprint density at radius 2 is 1.41 bits per heavy atom. The Morgan fingerprint density at radius 1 is 0.824 bits per heavy atom. The Bertz CT molecular complexity index is 265. The van der Waals surface area contributed by atoms with E-state index in [-0.39, 0.29) is 31.1 Å². The van der Waals surface area contributed by atoms with E-state index in [0.29, 0.717) is 19.3 Å². The van der Waals surface area contributed by atoms with Gasteiger partial charge in [-0.3, -0.25) is 0 Å². The lowest BCUT2D eigenvalue weighted by Gasteiger charge is -2.40. The molecule has 1 unspecified atom stereocenters. The summed E-state index contributed by atoms with van der Waals surface area (Å²) in [5, 5.41) is 0. The van der Waals surface area contributed by atoms with E-state index in [2.05, 4.69) is 0 Å². The first kappa shape index (κ1) is 13.2. The van der Waals surface area contributed by atoms with E-state index in [1.165, 1.54) is 0 Å². The van der Waals surface area contributed by atoms with Crippen LogP contribution in [0.5, 0.6) is 0 Å². The van der Waals surface area contributed by atoms with Gasteiger partial charge >= 0.3 is 0 Å². The molecule has 0 aromatic heterocycles. The molecular weight excluding hydrogens is 232 g/mol. The topological polar surface area (TPSA) is 0 Å². The van der Waals surface area contributed by atoms with Gasteiger partial charge in [0, 0.05) is 25.2 Å². The van der Waals surface area contributed by atoms with Crippen molar-refractivity contribution in [1.82, 2.24) is 0 Å². The third-order valence-corrected chi connectivity index (χ3v) is 4.65. The standard InChI is InChI=1S/C13H20F4/c1-9-2-3-11(8-13(9,16)17)10-4-6-12(14,15)7-5-10/h9-11H,2-8H2,1H3/t9-,11?/m1/s1. The molecule has 0 nitrogen and oxygen atoms in total. The molecule has 0 bridgehead atoms. The molecule has 0 spiro atoms. The van der Waals surface area contributed by atoms with E-state index in [4.69, 9.17) is 0 Å². The molecule has 4 heteroatoms. The second-order valence-corrected chi connectivity index (χ2v) is 5.90. The van der Waals surface area contributed by atoms with Crippen molar-refractivity contribution in [3.8, 4) is 0 Å². The highest BCUT2D eigenvalue weighted by molar-refractivity contribution is 4.89. The molecule has 2 saturated carbocycles. The summed E-state index contributed by atoms with van der Waals surface area (Å²) in [7, 11) is 0. The van der Waals surface area contributed by atoms with Gasteiger partial charge in [-0.2, -0.15) is 0 Å². The number of halogens is 4. The number of alkyl halides is 4. The van der Waals surface area contributed by atoms with E-state index >= 15 is 0 Å². The van der Waals surface area contributed by atoms with Gasteiger partial charge in [0.25, 0.3) is 5.92 Å². The molecule has 17 heavy (non-hydrogen) atoms. The first-order chi connectivity index (χ1) is 7.80.